The highest BCUT2D eigenvalue weighted by molar-refractivity contribution is 7.11. The largest absolute Gasteiger partial charge is 0.144 e. The Kier molecular flexibility index (Phi) is 2.60. The Balaban J connectivity index is 2.02. The van der Waals surface area contributed by atoms with E-state index >= 15 is 0 Å². The summed E-state index contributed by atoms with van der Waals surface area (Å²) in [5, 5.41) is 11.0. The maximum atomic E-state index is 4.28. The third kappa shape index (κ3) is 2.32. The second-order valence-electron chi connectivity index (χ2n) is 5.00. The molecule has 1 saturated carbocycles. The highest BCUT2D eigenvalue weighted by Gasteiger charge is 2.28. The Labute approximate surface area is 89.8 Å². The third-order valence-corrected chi connectivity index (χ3v) is 4.08. The predicted molar refractivity (Wildman–Crippen MR) is 59.7 cm³/mol. The van der Waals surface area contributed by atoms with Crippen LogP contribution in [0.3, 0.4) is 0 Å². The van der Waals surface area contributed by atoms with Crippen LogP contribution in [0, 0.1) is 5.41 Å². The number of hydrogen-bond acceptors (Lipinski definition) is 3. The molecule has 14 heavy (non-hydrogen) atoms. The summed E-state index contributed by atoms with van der Waals surface area (Å²) < 4.78 is 0. The highest BCUT2D eigenvalue weighted by atomic mass is 32.1. The molecule has 1 aliphatic rings. The van der Waals surface area contributed by atoms with Crippen LogP contribution in [-0.2, 0) is 6.42 Å². The van der Waals surface area contributed by atoms with Crippen molar-refractivity contribution in [3.8, 4) is 0 Å². The van der Waals surface area contributed by atoms with Crippen molar-refractivity contribution in [3.05, 3.63) is 10.0 Å². The Morgan fingerprint density at radius 1 is 1.36 bits per heavy atom. The van der Waals surface area contributed by atoms with Crippen molar-refractivity contribution in [3.63, 3.8) is 0 Å². The summed E-state index contributed by atoms with van der Waals surface area (Å²) in [6.45, 7) is 6.83. The molecule has 2 nitrogen and oxygen atoms in total. The zero-order valence-corrected chi connectivity index (χ0v) is 10.0. The maximum Gasteiger partial charge on any atom is 0.120 e. The fraction of sp³-hybridized carbons (Fsp3) is 0.818. The van der Waals surface area contributed by atoms with E-state index in [1.165, 1.54) is 29.3 Å². The van der Waals surface area contributed by atoms with Gasteiger partial charge >= 0.3 is 0 Å². The lowest BCUT2D eigenvalue weighted by Gasteiger charge is -2.20. The molecule has 0 atom stereocenters. The average Bonchev–Trinajstić information content (AvgIpc) is 2.89. The van der Waals surface area contributed by atoms with Crippen molar-refractivity contribution in [2.24, 2.45) is 5.41 Å². The summed E-state index contributed by atoms with van der Waals surface area (Å²) in [6.07, 6.45) is 4.93. The first-order chi connectivity index (χ1) is 6.61. The van der Waals surface area contributed by atoms with E-state index in [0.717, 1.165) is 12.3 Å². The number of aromatic nitrogens is 2. The van der Waals surface area contributed by atoms with E-state index in [9.17, 15) is 0 Å². The second-order valence-corrected chi connectivity index (χ2v) is 6.10. The maximum absolute atomic E-state index is 4.28. The molecule has 0 N–H and O–H groups in total. The lowest BCUT2D eigenvalue weighted by Crippen LogP contribution is -2.12. The van der Waals surface area contributed by atoms with Gasteiger partial charge in [0, 0.05) is 12.3 Å². The Bertz CT molecular complexity index is 313. The summed E-state index contributed by atoms with van der Waals surface area (Å²) in [7, 11) is 0. The molecule has 2 rings (SSSR count). The first kappa shape index (κ1) is 10.1. The van der Waals surface area contributed by atoms with E-state index in [4.69, 9.17) is 0 Å². The molecule has 0 bridgehead atoms. The summed E-state index contributed by atoms with van der Waals surface area (Å²) in [4.78, 5) is 0. The second kappa shape index (κ2) is 3.61. The fourth-order valence-electron chi connectivity index (χ4n) is 1.37. The first-order valence-corrected chi connectivity index (χ1v) is 6.24. The third-order valence-electron chi connectivity index (χ3n) is 3.00. The van der Waals surface area contributed by atoms with Crippen molar-refractivity contribution in [1.82, 2.24) is 10.2 Å². The van der Waals surface area contributed by atoms with Gasteiger partial charge in [-0.1, -0.05) is 27.2 Å². The molecule has 0 spiro atoms. The van der Waals surface area contributed by atoms with Crippen LogP contribution in [0.25, 0.3) is 0 Å². The smallest absolute Gasteiger partial charge is 0.120 e. The summed E-state index contributed by atoms with van der Waals surface area (Å²) >= 11 is 1.82. The lowest BCUT2D eigenvalue weighted by molar-refractivity contribution is 0.348. The van der Waals surface area contributed by atoms with Crippen molar-refractivity contribution in [1.29, 1.82) is 0 Å². The van der Waals surface area contributed by atoms with Crippen LogP contribution in [-0.4, -0.2) is 10.2 Å². The van der Waals surface area contributed by atoms with Gasteiger partial charge in [-0.15, -0.1) is 21.5 Å². The minimum absolute atomic E-state index is 0.375. The molecule has 0 aliphatic heterocycles. The zero-order chi connectivity index (χ0) is 10.2. The van der Waals surface area contributed by atoms with Crippen molar-refractivity contribution in [2.45, 2.75) is 52.4 Å². The molecule has 1 aromatic rings. The molecule has 0 aromatic carbocycles. The summed E-state index contributed by atoms with van der Waals surface area (Å²) in [5.74, 6) is 0.756. The first-order valence-electron chi connectivity index (χ1n) is 5.43. The van der Waals surface area contributed by atoms with Crippen molar-refractivity contribution < 1.29 is 0 Å². The molecule has 1 aliphatic carbocycles. The van der Waals surface area contributed by atoms with Crippen LogP contribution in [0.4, 0.5) is 0 Å². The Morgan fingerprint density at radius 2 is 2.07 bits per heavy atom. The zero-order valence-electron chi connectivity index (χ0n) is 9.21. The topological polar surface area (TPSA) is 25.8 Å². The standard InChI is InChI=1S/C11H18N2S/c1-4-11(2,3)7-9-12-13-10(14-9)8-5-6-8/h8H,4-7H2,1-3H3. The van der Waals surface area contributed by atoms with E-state index in [0.29, 0.717) is 5.41 Å². The van der Waals surface area contributed by atoms with Gasteiger partial charge in [0.2, 0.25) is 0 Å². The van der Waals surface area contributed by atoms with Gasteiger partial charge in [-0.2, -0.15) is 0 Å². The summed E-state index contributed by atoms with van der Waals surface area (Å²) in [6, 6.07) is 0. The quantitative estimate of drug-likeness (QED) is 0.761. The van der Waals surface area contributed by atoms with Gasteiger partial charge in [0.05, 0.1) is 0 Å². The van der Waals surface area contributed by atoms with E-state index in [2.05, 4.69) is 31.0 Å². The number of rotatable bonds is 4. The van der Waals surface area contributed by atoms with Gasteiger partial charge in [0.15, 0.2) is 0 Å². The van der Waals surface area contributed by atoms with E-state index in [1.54, 1.807) is 0 Å². The normalized spacial score (nSPS) is 17.4. The predicted octanol–water partition coefficient (Wildman–Crippen LogP) is 3.39. The number of nitrogens with zero attached hydrogens (tertiary/aromatic N) is 2. The minimum atomic E-state index is 0.375. The molecular weight excluding hydrogens is 192 g/mol. The molecular formula is C11H18N2S. The molecule has 0 amide bonds. The fourth-order valence-corrected chi connectivity index (χ4v) is 2.64. The molecule has 1 aromatic heterocycles. The van der Waals surface area contributed by atoms with Gasteiger partial charge in [-0.3, -0.25) is 0 Å². The van der Waals surface area contributed by atoms with Gasteiger partial charge in [-0.05, 0) is 18.3 Å². The van der Waals surface area contributed by atoms with Crippen LogP contribution >= 0.6 is 11.3 Å². The highest BCUT2D eigenvalue weighted by Crippen LogP contribution is 2.41. The van der Waals surface area contributed by atoms with Crippen LogP contribution in [0.15, 0.2) is 0 Å². The van der Waals surface area contributed by atoms with Crippen molar-refractivity contribution in [2.75, 3.05) is 0 Å². The van der Waals surface area contributed by atoms with Gasteiger partial charge in [0.25, 0.3) is 0 Å². The minimum Gasteiger partial charge on any atom is -0.144 e. The average molecular weight is 210 g/mol. The van der Waals surface area contributed by atoms with Crippen LogP contribution in [0.5, 0.6) is 0 Å². The van der Waals surface area contributed by atoms with Gasteiger partial charge in [0.1, 0.15) is 10.0 Å². The van der Waals surface area contributed by atoms with Crippen LogP contribution in [0.1, 0.15) is 56.0 Å². The van der Waals surface area contributed by atoms with E-state index in [-0.39, 0.29) is 0 Å². The lowest BCUT2D eigenvalue weighted by atomic mass is 9.87. The molecule has 0 unspecified atom stereocenters. The molecule has 0 radical (unpaired) electrons. The Morgan fingerprint density at radius 3 is 2.64 bits per heavy atom. The van der Waals surface area contributed by atoms with Crippen molar-refractivity contribution >= 4 is 11.3 Å². The molecule has 1 heterocycles. The molecule has 78 valence electrons. The summed E-state index contributed by atoms with van der Waals surface area (Å²) in [5.41, 5.74) is 0.375. The van der Waals surface area contributed by atoms with Crippen LogP contribution < -0.4 is 0 Å². The number of hydrogen-bond donors (Lipinski definition) is 0. The molecule has 3 heteroatoms. The molecule has 0 saturated heterocycles. The van der Waals surface area contributed by atoms with Gasteiger partial charge < -0.3 is 0 Å². The monoisotopic (exact) mass is 210 g/mol. The van der Waals surface area contributed by atoms with E-state index < -0.39 is 0 Å². The van der Waals surface area contributed by atoms with E-state index in [1.807, 2.05) is 11.3 Å². The van der Waals surface area contributed by atoms with Crippen LogP contribution in [0.2, 0.25) is 0 Å². The Hall–Kier alpha value is -0.440. The SMILES string of the molecule is CCC(C)(C)Cc1nnc(C2CC2)s1. The molecule has 1 fully saturated rings. The van der Waals surface area contributed by atoms with Gasteiger partial charge in [-0.25, -0.2) is 0 Å².